The van der Waals surface area contributed by atoms with Crippen molar-refractivity contribution in [2.45, 2.75) is 46.1 Å². The average Bonchev–Trinajstić information content (AvgIpc) is 2.91. The van der Waals surface area contributed by atoms with Crippen LogP contribution >= 0.6 is 17.0 Å². The van der Waals surface area contributed by atoms with Crippen LogP contribution in [0.15, 0.2) is 109 Å². The Labute approximate surface area is 237 Å². The number of ketones is 1. The molecule has 5 heteroatoms. The number of benzene rings is 4. The fourth-order valence-corrected chi connectivity index (χ4v) is 4.01. The number of ether oxygens (including phenoxy) is 2. The highest BCUT2D eigenvalue weighted by atomic mass is 79.9. The molecule has 0 aliphatic carbocycles. The summed E-state index contributed by atoms with van der Waals surface area (Å²) in [5.41, 5.74) is 3.75. The molecule has 4 rings (SSSR count). The summed E-state index contributed by atoms with van der Waals surface area (Å²) in [5, 5.41) is 0. The lowest BCUT2D eigenvalue weighted by Crippen LogP contribution is -2.43. The molecule has 0 spiro atoms. The van der Waals surface area contributed by atoms with Crippen molar-refractivity contribution in [3.63, 3.8) is 0 Å². The molecule has 0 saturated heterocycles. The lowest BCUT2D eigenvalue weighted by Gasteiger charge is -2.35. The fourth-order valence-electron chi connectivity index (χ4n) is 4.01. The van der Waals surface area contributed by atoms with Crippen LogP contribution in [0, 0.1) is 0 Å². The van der Waals surface area contributed by atoms with Crippen molar-refractivity contribution < 1.29 is 14.3 Å². The van der Waals surface area contributed by atoms with Gasteiger partial charge in [-0.15, -0.1) is 17.0 Å². The maximum Gasteiger partial charge on any atom is 0.176 e. The zero-order valence-corrected chi connectivity index (χ0v) is 24.0. The van der Waals surface area contributed by atoms with Crippen molar-refractivity contribution in [3.05, 3.63) is 131 Å². The van der Waals surface area contributed by atoms with Gasteiger partial charge >= 0.3 is 0 Å². The van der Waals surface area contributed by atoms with E-state index in [0.717, 1.165) is 33.8 Å². The van der Waals surface area contributed by atoms with Gasteiger partial charge in [0.2, 0.25) is 0 Å². The van der Waals surface area contributed by atoms with Gasteiger partial charge in [-0.05, 0) is 49.6 Å². The van der Waals surface area contributed by atoms with E-state index < -0.39 is 0 Å². The summed E-state index contributed by atoms with van der Waals surface area (Å²) in [6.07, 6.45) is 0. The second-order valence-electron chi connectivity index (χ2n) is 10.2. The van der Waals surface area contributed by atoms with Crippen LogP contribution in [0.25, 0.3) is 0 Å². The molecule has 0 unspecified atom stereocenters. The van der Waals surface area contributed by atoms with Crippen molar-refractivity contribution >= 4 is 22.8 Å². The molecule has 0 heterocycles. The SMILES string of the molecule is Br.CC(C)(C)N(CC(=O)c1ccccc1)Cc1cc(OCc2ccccc2)cc(OCc2ccccc2)c1. The molecule has 4 aromatic carbocycles. The van der Waals surface area contributed by atoms with Gasteiger partial charge in [0, 0.05) is 23.7 Å². The lowest BCUT2D eigenvalue weighted by atomic mass is 10.0. The Balaban J connectivity index is 0.00000400. The van der Waals surface area contributed by atoms with E-state index in [4.69, 9.17) is 9.47 Å². The summed E-state index contributed by atoms with van der Waals surface area (Å²) in [4.78, 5) is 15.2. The van der Waals surface area contributed by atoms with Gasteiger partial charge in [-0.25, -0.2) is 0 Å². The number of hydrogen-bond acceptors (Lipinski definition) is 4. The lowest BCUT2D eigenvalue weighted by molar-refractivity contribution is 0.0793. The summed E-state index contributed by atoms with van der Waals surface area (Å²) in [6, 6.07) is 35.7. The smallest absolute Gasteiger partial charge is 0.176 e. The normalized spacial score (nSPS) is 11.1. The van der Waals surface area contributed by atoms with Gasteiger partial charge in [-0.1, -0.05) is 91.0 Å². The molecular weight excluding hydrogens is 538 g/mol. The van der Waals surface area contributed by atoms with E-state index in [-0.39, 0.29) is 28.3 Å². The van der Waals surface area contributed by atoms with Gasteiger partial charge in [0.25, 0.3) is 0 Å². The predicted octanol–water partition coefficient (Wildman–Crippen LogP) is 7.91. The second kappa shape index (κ2) is 13.9. The zero-order chi connectivity index (χ0) is 26.1. The quantitative estimate of drug-likeness (QED) is 0.171. The summed E-state index contributed by atoms with van der Waals surface area (Å²) >= 11 is 0. The molecule has 0 aliphatic rings. The van der Waals surface area contributed by atoms with Crippen LogP contribution in [0.4, 0.5) is 0 Å². The topological polar surface area (TPSA) is 38.8 Å². The molecule has 0 fully saturated rings. The molecular formula is C33H36BrNO3. The Morgan fingerprint density at radius 2 is 1.11 bits per heavy atom. The van der Waals surface area contributed by atoms with Gasteiger partial charge in [-0.2, -0.15) is 0 Å². The van der Waals surface area contributed by atoms with E-state index in [1.54, 1.807) is 0 Å². The Morgan fingerprint density at radius 1 is 0.658 bits per heavy atom. The van der Waals surface area contributed by atoms with E-state index in [1.165, 1.54) is 0 Å². The van der Waals surface area contributed by atoms with Gasteiger partial charge in [0.15, 0.2) is 5.78 Å². The molecule has 4 aromatic rings. The minimum Gasteiger partial charge on any atom is -0.489 e. The predicted molar refractivity (Wildman–Crippen MR) is 159 cm³/mol. The van der Waals surface area contributed by atoms with Crippen molar-refractivity contribution in [1.82, 2.24) is 4.90 Å². The Hall–Kier alpha value is -3.41. The molecule has 0 N–H and O–H groups in total. The number of nitrogens with zero attached hydrogens (tertiary/aromatic N) is 1. The first-order valence-electron chi connectivity index (χ1n) is 12.7. The second-order valence-corrected chi connectivity index (χ2v) is 10.2. The molecule has 0 amide bonds. The zero-order valence-electron chi connectivity index (χ0n) is 22.3. The highest BCUT2D eigenvalue weighted by Crippen LogP contribution is 2.27. The van der Waals surface area contributed by atoms with Gasteiger partial charge in [0.05, 0.1) is 6.54 Å². The number of halogens is 1. The molecule has 0 atom stereocenters. The van der Waals surface area contributed by atoms with Crippen LogP contribution in [0.2, 0.25) is 0 Å². The van der Waals surface area contributed by atoms with Crippen LogP contribution in [0.3, 0.4) is 0 Å². The molecule has 0 aromatic heterocycles. The van der Waals surface area contributed by atoms with Crippen LogP contribution < -0.4 is 9.47 Å². The van der Waals surface area contributed by atoms with E-state index in [9.17, 15) is 4.79 Å². The first-order valence-corrected chi connectivity index (χ1v) is 12.7. The average molecular weight is 575 g/mol. The van der Waals surface area contributed by atoms with Gasteiger partial charge < -0.3 is 9.47 Å². The Kier molecular flexibility index (Phi) is 10.7. The summed E-state index contributed by atoms with van der Waals surface area (Å²) in [7, 11) is 0. The summed E-state index contributed by atoms with van der Waals surface area (Å²) in [6.45, 7) is 8.25. The number of rotatable bonds is 11. The molecule has 0 radical (unpaired) electrons. The maximum atomic E-state index is 13.1. The third kappa shape index (κ3) is 8.86. The van der Waals surface area contributed by atoms with Crippen LogP contribution in [-0.2, 0) is 19.8 Å². The van der Waals surface area contributed by atoms with Gasteiger partial charge in [-0.3, -0.25) is 9.69 Å². The summed E-state index contributed by atoms with van der Waals surface area (Å²) in [5.74, 6) is 1.59. The molecule has 198 valence electrons. The minimum atomic E-state index is -0.212. The van der Waals surface area contributed by atoms with E-state index >= 15 is 0 Å². The number of carbonyl (C=O) groups excluding carboxylic acids is 1. The first kappa shape index (κ1) is 29.2. The molecule has 0 aliphatic heterocycles. The largest absolute Gasteiger partial charge is 0.489 e. The van der Waals surface area contributed by atoms with E-state index in [2.05, 4.69) is 25.7 Å². The number of carbonyl (C=O) groups is 1. The highest BCUT2D eigenvalue weighted by molar-refractivity contribution is 8.93. The van der Waals surface area contributed by atoms with E-state index in [1.807, 2.05) is 109 Å². The van der Waals surface area contributed by atoms with Gasteiger partial charge in [0.1, 0.15) is 24.7 Å². The Bertz CT molecular complexity index is 1210. The molecule has 0 saturated carbocycles. The molecule has 38 heavy (non-hydrogen) atoms. The van der Waals surface area contributed by atoms with Crippen molar-refractivity contribution in [2.75, 3.05) is 6.54 Å². The Morgan fingerprint density at radius 3 is 1.55 bits per heavy atom. The first-order chi connectivity index (χ1) is 17.9. The van der Waals surface area contributed by atoms with Crippen LogP contribution in [0.5, 0.6) is 11.5 Å². The third-order valence-electron chi connectivity index (χ3n) is 6.19. The minimum absolute atomic E-state index is 0. The van der Waals surface area contributed by atoms with E-state index in [0.29, 0.717) is 26.3 Å². The van der Waals surface area contributed by atoms with Crippen LogP contribution in [0.1, 0.15) is 47.8 Å². The summed E-state index contributed by atoms with van der Waals surface area (Å²) < 4.78 is 12.4. The van der Waals surface area contributed by atoms with Crippen LogP contribution in [-0.4, -0.2) is 22.8 Å². The van der Waals surface area contributed by atoms with Crippen molar-refractivity contribution in [3.8, 4) is 11.5 Å². The third-order valence-corrected chi connectivity index (χ3v) is 6.19. The number of hydrogen-bond donors (Lipinski definition) is 0. The van der Waals surface area contributed by atoms with Crippen molar-refractivity contribution in [1.29, 1.82) is 0 Å². The monoisotopic (exact) mass is 573 g/mol. The highest BCUT2D eigenvalue weighted by Gasteiger charge is 2.25. The molecule has 0 bridgehead atoms. The standard InChI is InChI=1S/C33H35NO3.BrH/c1-33(2,3)34(23-32(35)29-17-11-6-12-18-29)22-28-19-30(36-24-26-13-7-4-8-14-26)21-31(20-28)37-25-27-15-9-5-10-16-27;/h4-21H,22-25H2,1-3H3;1H. The molecule has 4 nitrogen and oxygen atoms in total. The maximum absolute atomic E-state index is 13.1. The number of Topliss-reactive ketones (excluding diaryl/α,β-unsaturated/α-hetero) is 1. The fraction of sp³-hybridized carbons (Fsp3) is 0.242. The van der Waals surface area contributed by atoms with Crippen molar-refractivity contribution in [2.24, 2.45) is 0 Å².